The van der Waals surface area contributed by atoms with Gasteiger partial charge in [0.15, 0.2) is 6.61 Å². The summed E-state index contributed by atoms with van der Waals surface area (Å²) in [4.78, 5) is 39.2. The fourth-order valence-electron chi connectivity index (χ4n) is 2.72. The molecule has 0 unspecified atom stereocenters. The Labute approximate surface area is 166 Å². The average molecular weight is 403 g/mol. The Morgan fingerprint density at radius 1 is 1.07 bits per heavy atom. The minimum atomic E-state index is -0.430. The van der Waals surface area contributed by atoms with Gasteiger partial charge in [0.05, 0.1) is 37.2 Å². The molecule has 148 valence electrons. The zero-order valence-electron chi connectivity index (χ0n) is 15.5. The predicted molar refractivity (Wildman–Crippen MR) is 103 cm³/mol. The van der Waals surface area contributed by atoms with Crippen LogP contribution in [-0.4, -0.2) is 62.6 Å². The summed E-state index contributed by atoms with van der Waals surface area (Å²) in [5, 5.41) is 0. The Kier molecular flexibility index (Phi) is 6.78. The molecule has 0 aliphatic carbocycles. The van der Waals surface area contributed by atoms with Crippen LogP contribution in [0, 0.1) is 0 Å². The second kappa shape index (κ2) is 9.48. The molecule has 28 heavy (non-hydrogen) atoms. The maximum Gasteiger partial charge on any atom is 0.337 e. The first-order valence-electron chi connectivity index (χ1n) is 8.85. The molecule has 1 aromatic carbocycles. The van der Waals surface area contributed by atoms with Gasteiger partial charge in [0.25, 0.3) is 0 Å². The van der Waals surface area contributed by atoms with E-state index in [0.29, 0.717) is 42.5 Å². The van der Waals surface area contributed by atoms with Gasteiger partial charge in [-0.3, -0.25) is 9.59 Å². The van der Waals surface area contributed by atoms with E-state index < -0.39 is 5.97 Å². The predicted octanol–water partition coefficient (Wildman–Crippen LogP) is 2.20. The summed E-state index contributed by atoms with van der Waals surface area (Å²) in [6.45, 7) is 2.24. The summed E-state index contributed by atoms with van der Waals surface area (Å²) in [5.41, 5.74) is 0.411. The lowest BCUT2D eigenvalue weighted by atomic mass is 10.2. The third kappa shape index (κ3) is 5.17. The fourth-order valence-corrected chi connectivity index (χ4v) is 3.64. The van der Waals surface area contributed by atoms with Gasteiger partial charge in [-0.25, -0.2) is 4.79 Å². The van der Waals surface area contributed by atoms with Crippen molar-refractivity contribution in [2.45, 2.75) is 6.42 Å². The standard InChI is InChI=1S/C20H21NO6S/c1-25-20(24)14-2-4-15(5-3-14)27-13-17(22)18-7-6-16(28-18)12-19(23)21-8-10-26-11-9-21/h2-7H,8-13H2,1H3. The van der Waals surface area contributed by atoms with Gasteiger partial charge < -0.3 is 19.1 Å². The normalized spacial score (nSPS) is 13.8. The molecule has 1 aliphatic rings. The maximum atomic E-state index is 12.3. The van der Waals surface area contributed by atoms with Gasteiger partial charge in [0.2, 0.25) is 11.7 Å². The number of esters is 1. The lowest BCUT2D eigenvalue weighted by molar-refractivity contribution is -0.134. The number of thiophene rings is 1. The van der Waals surface area contributed by atoms with E-state index in [1.807, 2.05) is 0 Å². The number of benzene rings is 1. The monoisotopic (exact) mass is 403 g/mol. The van der Waals surface area contributed by atoms with E-state index in [1.54, 1.807) is 41.3 Å². The highest BCUT2D eigenvalue weighted by molar-refractivity contribution is 7.14. The molecule has 1 saturated heterocycles. The van der Waals surface area contributed by atoms with Crippen molar-refractivity contribution in [2.75, 3.05) is 40.0 Å². The van der Waals surface area contributed by atoms with Crippen LogP contribution in [0.5, 0.6) is 5.75 Å². The molecule has 1 aliphatic heterocycles. The number of ether oxygens (including phenoxy) is 3. The Hall–Kier alpha value is -2.71. The molecule has 2 heterocycles. The molecule has 0 saturated carbocycles. The van der Waals surface area contributed by atoms with Crippen LogP contribution in [0.1, 0.15) is 24.9 Å². The number of amides is 1. The van der Waals surface area contributed by atoms with Gasteiger partial charge in [-0.2, -0.15) is 0 Å². The largest absolute Gasteiger partial charge is 0.485 e. The van der Waals surface area contributed by atoms with Crippen LogP contribution < -0.4 is 4.74 Å². The first-order valence-corrected chi connectivity index (χ1v) is 9.67. The summed E-state index contributed by atoms with van der Waals surface area (Å²) in [5.74, 6) is -0.0566. The van der Waals surface area contributed by atoms with Crippen LogP contribution >= 0.6 is 11.3 Å². The van der Waals surface area contributed by atoms with E-state index in [0.717, 1.165) is 4.88 Å². The van der Waals surface area contributed by atoms with Gasteiger partial charge in [-0.15, -0.1) is 11.3 Å². The Morgan fingerprint density at radius 3 is 2.46 bits per heavy atom. The second-order valence-electron chi connectivity index (χ2n) is 6.16. The van der Waals surface area contributed by atoms with Crippen LogP contribution in [0.25, 0.3) is 0 Å². The number of rotatable bonds is 7. The Balaban J connectivity index is 1.51. The van der Waals surface area contributed by atoms with E-state index in [9.17, 15) is 14.4 Å². The van der Waals surface area contributed by atoms with Crippen molar-refractivity contribution in [2.24, 2.45) is 0 Å². The Morgan fingerprint density at radius 2 is 1.79 bits per heavy atom. The molecular formula is C20H21NO6S. The molecule has 0 bridgehead atoms. The lowest BCUT2D eigenvalue weighted by Crippen LogP contribution is -2.41. The summed E-state index contributed by atoms with van der Waals surface area (Å²) >= 11 is 1.31. The van der Waals surface area contributed by atoms with Crippen molar-refractivity contribution in [1.82, 2.24) is 4.90 Å². The highest BCUT2D eigenvalue weighted by atomic mass is 32.1. The highest BCUT2D eigenvalue weighted by Crippen LogP contribution is 2.20. The van der Waals surface area contributed by atoms with Crippen molar-refractivity contribution in [3.8, 4) is 5.75 Å². The molecule has 7 nitrogen and oxygen atoms in total. The number of ketones is 1. The van der Waals surface area contributed by atoms with Gasteiger partial charge in [0, 0.05) is 18.0 Å². The van der Waals surface area contributed by atoms with Crippen molar-refractivity contribution in [1.29, 1.82) is 0 Å². The summed E-state index contributed by atoms with van der Waals surface area (Å²) in [6, 6.07) is 9.90. The van der Waals surface area contributed by atoms with Crippen LogP contribution in [-0.2, 0) is 20.7 Å². The zero-order chi connectivity index (χ0) is 19.9. The fraction of sp³-hybridized carbons (Fsp3) is 0.350. The van der Waals surface area contributed by atoms with Crippen LogP contribution in [0.2, 0.25) is 0 Å². The average Bonchev–Trinajstić information content (AvgIpc) is 3.21. The van der Waals surface area contributed by atoms with Crippen LogP contribution in [0.3, 0.4) is 0 Å². The highest BCUT2D eigenvalue weighted by Gasteiger charge is 2.19. The van der Waals surface area contributed by atoms with E-state index in [4.69, 9.17) is 9.47 Å². The smallest absolute Gasteiger partial charge is 0.337 e. The van der Waals surface area contributed by atoms with Gasteiger partial charge in [-0.1, -0.05) is 0 Å². The first-order chi connectivity index (χ1) is 13.6. The number of carbonyl (C=O) groups excluding carboxylic acids is 3. The van der Waals surface area contributed by atoms with Crippen molar-refractivity contribution < 1.29 is 28.6 Å². The van der Waals surface area contributed by atoms with Crippen molar-refractivity contribution in [3.05, 3.63) is 51.7 Å². The number of carbonyl (C=O) groups is 3. The molecule has 0 radical (unpaired) electrons. The topological polar surface area (TPSA) is 82.1 Å². The number of Topliss-reactive ketones (excluding diaryl/α,β-unsaturated/α-hetero) is 1. The van der Waals surface area contributed by atoms with Crippen LogP contribution in [0.4, 0.5) is 0 Å². The van der Waals surface area contributed by atoms with Gasteiger partial charge >= 0.3 is 5.97 Å². The minimum Gasteiger partial charge on any atom is -0.485 e. The summed E-state index contributed by atoms with van der Waals surface area (Å²) < 4.78 is 15.4. The third-order valence-electron chi connectivity index (χ3n) is 4.27. The molecule has 8 heteroatoms. The molecule has 3 rings (SSSR count). The number of nitrogens with zero attached hydrogens (tertiary/aromatic N) is 1. The van der Waals surface area contributed by atoms with Gasteiger partial charge in [-0.05, 0) is 36.4 Å². The van der Waals surface area contributed by atoms with Crippen molar-refractivity contribution in [3.63, 3.8) is 0 Å². The summed E-state index contributed by atoms with van der Waals surface area (Å²) in [7, 11) is 1.31. The molecule has 0 N–H and O–H groups in total. The molecule has 1 amide bonds. The molecule has 2 aromatic rings. The molecule has 1 aromatic heterocycles. The van der Waals surface area contributed by atoms with E-state index in [-0.39, 0.29) is 24.7 Å². The SMILES string of the molecule is COC(=O)c1ccc(OCC(=O)c2ccc(CC(=O)N3CCOCC3)s2)cc1. The zero-order valence-corrected chi connectivity index (χ0v) is 16.3. The number of hydrogen-bond acceptors (Lipinski definition) is 7. The molecule has 1 fully saturated rings. The maximum absolute atomic E-state index is 12.3. The number of methoxy groups -OCH3 is 1. The lowest BCUT2D eigenvalue weighted by Gasteiger charge is -2.26. The molecule has 0 atom stereocenters. The van der Waals surface area contributed by atoms with E-state index in [1.165, 1.54) is 18.4 Å². The van der Waals surface area contributed by atoms with Gasteiger partial charge in [0.1, 0.15) is 5.75 Å². The molecule has 0 spiro atoms. The Bertz CT molecular complexity index is 839. The second-order valence-corrected chi connectivity index (χ2v) is 7.33. The molecular weight excluding hydrogens is 382 g/mol. The number of hydrogen-bond donors (Lipinski definition) is 0. The summed E-state index contributed by atoms with van der Waals surface area (Å²) in [6.07, 6.45) is 0.286. The van der Waals surface area contributed by atoms with Crippen molar-refractivity contribution >= 4 is 29.0 Å². The first kappa shape index (κ1) is 20.0. The minimum absolute atomic E-state index is 0.0473. The van der Waals surface area contributed by atoms with Crippen LogP contribution in [0.15, 0.2) is 36.4 Å². The quantitative estimate of drug-likeness (QED) is 0.521. The third-order valence-corrected chi connectivity index (χ3v) is 5.40. The number of morpholine rings is 1. The van der Waals surface area contributed by atoms with E-state index in [2.05, 4.69) is 4.74 Å². The van der Waals surface area contributed by atoms with E-state index >= 15 is 0 Å².